The van der Waals surface area contributed by atoms with E-state index in [0.29, 0.717) is 0 Å². The van der Waals surface area contributed by atoms with Crippen molar-refractivity contribution in [2.45, 2.75) is 46.0 Å². The van der Waals surface area contributed by atoms with Crippen molar-refractivity contribution < 1.29 is 0 Å². The summed E-state index contributed by atoms with van der Waals surface area (Å²) in [6, 6.07) is 2.24. The molecule has 1 N–H and O–H groups in total. The van der Waals surface area contributed by atoms with E-state index in [1.54, 1.807) is 0 Å². The zero-order valence-electron chi connectivity index (χ0n) is 10.9. The van der Waals surface area contributed by atoms with Gasteiger partial charge in [-0.25, -0.2) is 0 Å². The monoisotopic (exact) mass is 223 g/mol. The van der Waals surface area contributed by atoms with E-state index < -0.39 is 0 Å². The number of aryl methyl sites for hydroxylation is 3. The van der Waals surface area contributed by atoms with Gasteiger partial charge >= 0.3 is 0 Å². The lowest BCUT2D eigenvalue weighted by molar-refractivity contribution is 0.601. The molecule has 1 aromatic heterocycles. The Balaban J connectivity index is 2.18. The average Bonchev–Trinajstić information content (AvgIpc) is 2.65. The van der Waals surface area contributed by atoms with Crippen molar-refractivity contribution in [2.75, 3.05) is 13.1 Å². The predicted molar refractivity (Wildman–Crippen MR) is 68.7 cm³/mol. The smallest absolute Gasteiger partial charge is 0.0624 e. The molecule has 0 radical (unpaired) electrons. The number of nitrogens with zero attached hydrogens (tertiary/aromatic N) is 2. The van der Waals surface area contributed by atoms with E-state index in [1.807, 2.05) is 11.7 Å². The topological polar surface area (TPSA) is 29.9 Å². The zero-order valence-corrected chi connectivity index (χ0v) is 10.9. The molecule has 0 aliphatic rings. The Bertz CT molecular complexity index is 291. The molecule has 0 unspecified atom stereocenters. The molecule has 1 rings (SSSR count). The molecule has 0 aromatic carbocycles. The molecule has 1 aromatic rings. The van der Waals surface area contributed by atoms with Gasteiger partial charge in [-0.2, -0.15) is 5.10 Å². The van der Waals surface area contributed by atoms with Crippen molar-refractivity contribution in [2.24, 2.45) is 7.05 Å². The summed E-state index contributed by atoms with van der Waals surface area (Å²) in [7, 11) is 2.05. The van der Waals surface area contributed by atoms with E-state index in [1.165, 1.54) is 30.7 Å². The summed E-state index contributed by atoms with van der Waals surface area (Å²) in [5.41, 5.74) is 2.58. The first-order valence-corrected chi connectivity index (χ1v) is 6.50. The second-order valence-corrected chi connectivity index (χ2v) is 4.31. The van der Waals surface area contributed by atoms with E-state index >= 15 is 0 Å². The largest absolute Gasteiger partial charge is 0.317 e. The summed E-state index contributed by atoms with van der Waals surface area (Å²) >= 11 is 0. The van der Waals surface area contributed by atoms with E-state index in [0.717, 1.165) is 25.9 Å². The van der Waals surface area contributed by atoms with Gasteiger partial charge in [-0.3, -0.25) is 4.68 Å². The number of hydrogen-bond acceptors (Lipinski definition) is 2. The summed E-state index contributed by atoms with van der Waals surface area (Å²) in [6.07, 6.45) is 5.91. The third-order valence-corrected chi connectivity index (χ3v) is 2.85. The first kappa shape index (κ1) is 13.2. The zero-order chi connectivity index (χ0) is 11.8. The van der Waals surface area contributed by atoms with Crippen LogP contribution in [0.5, 0.6) is 0 Å². The summed E-state index contributed by atoms with van der Waals surface area (Å²) in [6.45, 7) is 6.65. The molecule has 1 heterocycles. The number of hydrogen-bond donors (Lipinski definition) is 1. The van der Waals surface area contributed by atoms with Crippen LogP contribution in [-0.4, -0.2) is 22.9 Å². The van der Waals surface area contributed by atoms with Crippen LogP contribution < -0.4 is 5.32 Å². The molecule has 0 spiro atoms. The Hall–Kier alpha value is -0.830. The minimum absolute atomic E-state index is 1.03. The quantitative estimate of drug-likeness (QED) is 0.685. The fourth-order valence-corrected chi connectivity index (χ4v) is 1.84. The van der Waals surface area contributed by atoms with Crippen LogP contribution in [0.1, 0.15) is 44.5 Å². The van der Waals surface area contributed by atoms with Crippen LogP contribution >= 0.6 is 0 Å². The molecule has 0 aliphatic carbocycles. The standard InChI is InChI=1S/C13H25N3/c1-4-9-14-10-7-6-8-13-11-12(5-2)15-16(13)3/h11,14H,4-10H2,1-3H3. The van der Waals surface area contributed by atoms with Gasteiger partial charge in [0.15, 0.2) is 0 Å². The van der Waals surface area contributed by atoms with Gasteiger partial charge in [0.05, 0.1) is 5.69 Å². The highest BCUT2D eigenvalue weighted by molar-refractivity contribution is 5.10. The molecule has 0 atom stereocenters. The van der Waals surface area contributed by atoms with Crippen molar-refractivity contribution in [3.63, 3.8) is 0 Å². The SMILES string of the molecule is CCCNCCCCc1cc(CC)nn1C. The summed E-state index contributed by atoms with van der Waals surface area (Å²) in [5, 5.41) is 7.89. The maximum Gasteiger partial charge on any atom is 0.0624 e. The summed E-state index contributed by atoms with van der Waals surface area (Å²) in [4.78, 5) is 0. The van der Waals surface area contributed by atoms with Crippen LogP contribution in [0.2, 0.25) is 0 Å². The molecule has 0 bridgehead atoms. The van der Waals surface area contributed by atoms with Gasteiger partial charge in [0.1, 0.15) is 0 Å². The Morgan fingerprint density at radius 2 is 2.06 bits per heavy atom. The van der Waals surface area contributed by atoms with Gasteiger partial charge in [0.25, 0.3) is 0 Å². The molecule has 0 fully saturated rings. The fourth-order valence-electron chi connectivity index (χ4n) is 1.84. The molecule has 0 saturated heterocycles. The first-order valence-electron chi connectivity index (χ1n) is 6.50. The van der Waals surface area contributed by atoms with Gasteiger partial charge in [0.2, 0.25) is 0 Å². The van der Waals surface area contributed by atoms with Crippen LogP contribution in [0, 0.1) is 0 Å². The Morgan fingerprint density at radius 3 is 2.69 bits per heavy atom. The van der Waals surface area contributed by atoms with Gasteiger partial charge in [-0.1, -0.05) is 13.8 Å². The number of nitrogens with one attached hydrogen (secondary N) is 1. The Morgan fingerprint density at radius 1 is 1.25 bits per heavy atom. The molecule has 3 nitrogen and oxygen atoms in total. The molecule has 0 saturated carbocycles. The van der Waals surface area contributed by atoms with Gasteiger partial charge in [-0.05, 0) is 51.3 Å². The third-order valence-electron chi connectivity index (χ3n) is 2.85. The molecule has 0 aliphatic heterocycles. The second-order valence-electron chi connectivity index (χ2n) is 4.31. The highest BCUT2D eigenvalue weighted by Gasteiger charge is 2.02. The van der Waals surface area contributed by atoms with Gasteiger partial charge < -0.3 is 5.32 Å². The van der Waals surface area contributed by atoms with E-state index in [2.05, 4.69) is 30.3 Å². The molecule has 0 amide bonds. The van der Waals surface area contributed by atoms with Crippen molar-refractivity contribution in [1.29, 1.82) is 0 Å². The summed E-state index contributed by atoms with van der Waals surface area (Å²) < 4.78 is 2.03. The molecular formula is C13H25N3. The Kier molecular flexibility index (Phi) is 6.16. The number of aromatic nitrogens is 2. The lowest BCUT2D eigenvalue weighted by Crippen LogP contribution is -2.16. The van der Waals surface area contributed by atoms with Crippen molar-refractivity contribution in [1.82, 2.24) is 15.1 Å². The van der Waals surface area contributed by atoms with E-state index in [4.69, 9.17) is 0 Å². The van der Waals surface area contributed by atoms with Crippen molar-refractivity contribution in [3.05, 3.63) is 17.5 Å². The number of rotatable bonds is 8. The fraction of sp³-hybridized carbons (Fsp3) is 0.769. The minimum atomic E-state index is 1.03. The van der Waals surface area contributed by atoms with Crippen molar-refractivity contribution in [3.8, 4) is 0 Å². The second kappa shape index (κ2) is 7.44. The highest BCUT2D eigenvalue weighted by Crippen LogP contribution is 2.07. The van der Waals surface area contributed by atoms with E-state index in [-0.39, 0.29) is 0 Å². The lowest BCUT2D eigenvalue weighted by Gasteiger charge is -2.03. The maximum absolute atomic E-state index is 4.46. The first-order chi connectivity index (χ1) is 7.77. The van der Waals surface area contributed by atoms with Crippen LogP contribution in [-0.2, 0) is 19.9 Å². The molecule has 16 heavy (non-hydrogen) atoms. The van der Waals surface area contributed by atoms with Crippen LogP contribution in [0.3, 0.4) is 0 Å². The van der Waals surface area contributed by atoms with E-state index in [9.17, 15) is 0 Å². The molecule has 92 valence electrons. The lowest BCUT2D eigenvalue weighted by atomic mass is 10.1. The Labute approximate surface area is 99.2 Å². The minimum Gasteiger partial charge on any atom is -0.317 e. The maximum atomic E-state index is 4.46. The predicted octanol–water partition coefficient (Wildman–Crippen LogP) is 2.30. The average molecular weight is 223 g/mol. The van der Waals surface area contributed by atoms with Crippen LogP contribution in [0.4, 0.5) is 0 Å². The van der Waals surface area contributed by atoms with Crippen molar-refractivity contribution >= 4 is 0 Å². The molecular weight excluding hydrogens is 198 g/mol. The highest BCUT2D eigenvalue weighted by atomic mass is 15.3. The third kappa shape index (κ3) is 4.35. The molecule has 3 heteroatoms. The normalized spacial score (nSPS) is 10.9. The number of unbranched alkanes of at least 4 members (excludes halogenated alkanes) is 1. The van der Waals surface area contributed by atoms with Crippen LogP contribution in [0.25, 0.3) is 0 Å². The summed E-state index contributed by atoms with van der Waals surface area (Å²) in [5.74, 6) is 0. The van der Waals surface area contributed by atoms with Gasteiger partial charge in [0, 0.05) is 12.7 Å². The van der Waals surface area contributed by atoms with Gasteiger partial charge in [-0.15, -0.1) is 0 Å². The van der Waals surface area contributed by atoms with Crippen LogP contribution in [0.15, 0.2) is 6.07 Å².